The third-order valence-corrected chi connectivity index (χ3v) is 7.51. The Balaban J connectivity index is 1.70. The molecule has 2 N–H and O–H groups in total. The number of rotatable bonds is 6. The largest absolute Gasteiger partial charge is 0.371 e. The third-order valence-electron chi connectivity index (χ3n) is 5.70. The third kappa shape index (κ3) is 4.87. The summed E-state index contributed by atoms with van der Waals surface area (Å²) in [4.78, 5) is 34.4. The smallest absolute Gasteiger partial charge is 0.257 e. The van der Waals surface area contributed by atoms with Crippen LogP contribution in [0.4, 0.5) is 11.4 Å². The molecule has 0 atom stereocenters. The van der Waals surface area contributed by atoms with Crippen LogP contribution in [0.3, 0.4) is 0 Å². The van der Waals surface area contributed by atoms with Crippen LogP contribution in [0.25, 0.3) is 11.4 Å². The fourth-order valence-corrected chi connectivity index (χ4v) is 4.89. The Hall–Kier alpha value is -3.50. The SMILES string of the molecule is Cc1cc(=O)[nH]c(-c2cccc(NC(=O)c3cc(S(=O)(=O)N(C)C)ccc3N3CCCC3)c2)n1. The van der Waals surface area contributed by atoms with Gasteiger partial charge in [-0.2, -0.15) is 0 Å². The first kappa shape index (κ1) is 23.7. The molecule has 0 spiro atoms. The number of hydrogen-bond donors (Lipinski definition) is 2. The number of aromatic nitrogens is 2. The van der Waals surface area contributed by atoms with Gasteiger partial charge in [0.05, 0.1) is 10.5 Å². The number of sulfonamides is 1. The Morgan fingerprint density at radius 2 is 1.82 bits per heavy atom. The van der Waals surface area contributed by atoms with E-state index in [0.29, 0.717) is 28.5 Å². The molecule has 0 unspecified atom stereocenters. The van der Waals surface area contributed by atoms with Gasteiger partial charge >= 0.3 is 0 Å². The number of aromatic amines is 1. The van der Waals surface area contributed by atoms with Gasteiger partial charge in [-0.3, -0.25) is 9.59 Å². The van der Waals surface area contributed by atoms with Crippen molar-refractivity contribution in [3.63, 3.8) is 0 Å². The van der Waals surface area contributed by atoms with Gasteiger partial charge < -0.3 is 15.2 Å². The molecule has 0 saturated carbocycles. The molecule has 9 nitrogen and oxygen atoms in total. The molecule has 1 saturated heterocycles. The highest BCUT2D eigenvalue weighted by molar-refractivity contribution is 7.89. The van der Waals surface area contributed by atoms with Crippen LogP contribution in [0.1, 0.15) is 28.9 Å². The van der Waals surface area contributed by atoms with E-state index in [0.717, 1.165) is 30.2 Å². The van der Waals surface area contributed by atoms with Crippen molar-refractivity contribution >= 4 is 27.3 Å². The quantitative estimate of drug-likeness (QED) is 0.559. The van der Waals surface area contributed by atoms with Crippen LogP contribution >= 0.6 is 0 Å². The Bertz CT molecular complexity index is 1390. The first-order chi connectivity index (χ1) is 16.1. The maximum absolute atomic E-state index is 13.4. The number of H-pyrrole nitrogens is 1. The van der Waals surface area contributed by atoms with Crippen LogP contribution in [0.15, 0.2) is 58.2 Å². The second kappa shape index (κ2) is 9.40. The summed E-state index contributed by atoms with van der Waals surface area (Å²) in [6.07, 6.45) is 2.03. The zero-order valence-corrected chi connectivity index (χ0v) is 20.1. The van der Waals surface area contributed by atoms with Crippen molar-refractivity contribution in [2.45, 2.75) is 24.7 Å². The van der Waals surface area contributed by atoms with Crippen LogP contribution < -0.4 is 15.8 Å². The number of anilines is 2. The molecule has 1 aromatic heterocycles. The summed E-state index contributed by atoms with van der Waals surface area (Å²) < 4.78 is 26.5. The van der Waals surface area contributed by atoms with Crippen molar-refractivity contribution in [2.75, 3.05) is 37.4 Å². The van der Waals surface area contributed by atoms with E-state index < -0.39 is 15.9 Å². The number of carbonyl (C=O) groups excluding carboxylic acids is 1. The highest BCUT2D eigenvalue weighted by Crippen LogP contribution is 2.29. The van der Waals surface area contributed by atoms with Crippen molar-refractivity contribution in [1.29, 1.82) is 0 Å². The van der Waals surface area contributed by atoms with E-state index in [1.54, 1.807) is 43.3 Å². The summed E-state index contributed by atoms with van der Waals surface area (Å²) in [5, 5.41) is 2.88. The van der Waals surface area contributed by atoms with Gasteiger partial charge in [0.1, 0.15) is 5.82 Å². The fourth-order valence-electron chi connectivity index (χ4n) is 3.96. The zero-order valence-electron chi connectivity index (χ0n) is 19.3. The first-order valence-corrected chi connectivity index (χ1v) is 12.4. The highest BCUT2D eigenvalue weighted by Gasteiger charge is 2.24. The van der Waals surface area contributed by atoms with Crippen molar-refractivity contribution in [3.8, 4) is 11.4 Å². The van der Waals surface area contributed by atoms with Gasteiger partial charge in [0, 0.05) is 55.9 Å². The van der Waals surface area contributed by atoms with E-state index in [1.165, 1.54) is 26.2 Å². The molecule has 1 aliphatic rings. The lowest BCUT2D eigenvalue weighted by atomic mass is 10.1. The molecular formula is C24H27N5O4S. The van der Waals surface area contributed by atoms with Gasteiger partial charge in [0.25, 0.3) is 11.5 Å². The number of carbonyl (C=O) groups is 1. The fraction of sp³-hybridized carbons (Fsp3) is 0.292. The Labute approximate surface area is 198 Å². The van der Waals surface area contributed by atoms with Crippen LogP contribution in [-0.2, 0) is 10.0 Å². The van der Waals surface area contributed by atoms with E-state index in [2.05, 4.69) is 20.2 Å². The predicted octanol–water partition coefficient (Wildman–Crippen LogP) is 2.85. The molecule has 2 aromatic carbocycles. The van der Waals surface area contributed by atoms with Gasteiger partial charge in [-0.15, -0.1) is 0 Å². The van der Waals surface area contributed by atoms with Gasteiger partial charge in [0.2, 0.25) is 10.0 Å². The van der Waals surface area contributed by atoms with Gasteiger partial charge in [-0.25, -0.2) is 17.7 Å². The average molecular weight is 482 g/mol. The lowest BCUT2D eigenvalue weighted by Gasteiger charge is -2.22. The number of amides is 1. The number of benzene rings is 2. The molecule has 3 aromatic rings. The molecule has 10 heteroatoms. The van der Waals surface area contributed by atoms with Gasteiger partial charge in [-0.05, 0) is 50.1 Å². The molecule has 0 aliphatic carbocycles. The van der Waals surface area contributed by atoms with Crippen molar-refractivity contribution in [2.24, 2.45) is 0 Å². The van der Waals surface area contributed by atoms with Crippen LogP contribution in [0.5, 0.6) is 0 Å². The monoisotopic (exact) mass is 481 g/mol. The van der Waals surface area contributed by atoms with Gasteiger partial charge in [0.15, 0.2) is 0 Å². The highest BCUT2D eigenvalue weighted by atomic mass is 32.2. The summed E-state index contributed by atoms with van der Waals surface area (Å²) in [7, 11) is -0.790. The molecule has 2 heterocycles. The lowest BCUT2D eigenvalue weighted by Crippen LogP contribution is -2.25. The molecule has 4 rings (SSSR count). The Morgan fingerprint density at radius 1 is 1.09 bits per heavy atom. The number of nitrogens with one attached hydrogen (secondary N) is 2. The second-order valence-electron chi connectivity index (χ2n) is 8.43. The van der Waals surface area contributed by atoms with Crippen LogP contribution in [-0.4, -0.2) is 55.8 Å². The van der Waals surface area contributed by atoms with Crippen molar-refractivity contribution in [3.05, 3.63) is 70.1 Å². The predicted molar refractivity (Wildman–Crippen MR) is 132 cm³/mol. The molecule has 0 radical (unpaired) electrons. The standard InChI is InChI=1S/C24H27N5O4S/c1-16-13-22(30)27-23(25-16)17-7-6-8-18(14-17)26-24(31)20-15-19(34(32,33)28(2)3)9-10-21(20)29-11-4-5-12-29/h6-10,13-15H,4-5,11-12H2,1-3H3,(H,26,31)(H,25,27,30). The molecule has 1 fully saturated rings. The lowest BCUT2D eigenvalue weighted by molar-refractivity contribution is 0.102. The Morgan fingerprint density at radius 3 is 2.50 bits per heavy atom. The molecule has 1 aliphatic heterocycles. The normalized spacial score (nSPS) is 13.9. The Kier molecular flexibility index (Phi) is 6.54. The molecular weight excluding hydrogens is 454 g/mol. The molecule has 34 heavy (non-hydrogen) atoms. The molecule has 178 valence electrons. The molecule has 1 amide bonds. The van der Waals surface area contributed by atoms with E-state index in [4.69, 9.17) is 0 Å². The van der Waals surface area contributed by atoms with Crippen molar-refractivity contribution < 1.29 is 13.2 Å². The summed E-state index contributed by atoms with van der Waals surface area (Å²) >= 11 is 0. The number of nitrogens with zero attached hydrogens (tertiary/aromatic N) is 3. The minimum atomic E-state index is -3.70. The van der Waals surface area contributed by atoms with E-state index in [9.17, 15) is 18.0 Å². The summed E-state index contributed by atoms with van der Waals surface area (Å²) in [5.41, 5.74) is 2.46. The minimum Gasteiger partial charge on any atom is -0.371 e. The minimum absolute atomic E-state index is 0.0564. The second-order valence-corrected chi connectivity index (χ2v) is 10.6. The topological polar surface area (TPSA) is 115 Å². The summed E-state index contributed by atoms with van der Waals surface area (Å²) in [6, 6.07) is 13.1. The van der Waals surface area contributed by atoms with Gasteiger partial charge in [-0.1, -0.05) is 12.1 Å². The van der Waals surface area contributed by atoms with E-state index >= 15 is 0 Å². The van der Waals surface area contributed by atoms with E-state index in [-0.39, 0.29) is 16.0 Å². The number of aryl methyl sites for hydroxylation is 1. The van der Waals surface area contributed by atoms with E-state index in [1.807, 2.05) is 0 Å². The maximum Gasteiger partial charge on any atom is 0.257 e. The van der Waals surface area contributed by atoms with Crippen LogP contribution in [0, 0.1) is 6.92 Å². The molecule has 0 bridgehead atoms. The zero-order chi connectivity index (χ0) is 24.5. The van der Waals surface area contributed by atoms with Crippen LogP contribution in [0.2, 0.25) is 0 Å². The van der Waals surface area contributed by atoms with Crippen molar-refractivity contribution in [1.82, 2.24) is 14.3 Å². The maximum atomic E-state index is 13.4. The number of hydrogen-bond acceptors (Lipinski definition) is 6. The summed E-state index contributed by atoms with van der Waals surface area (Å²) in [6.45, 7) is 3.35. The first-order valence-electron chi connectivity index (χ1n) is 11.0. The summed E-state index contributed by atoms with van der Waals surface area (Å²) in [5.74, 6) is -0.0153. The average Bonchev–Trinajstić information content (AvgIpc) is 3.33.